The van der Waals surface area contributed by atoms with Crippen molar-refractivity contribution >= 4 is 27.6 Å². The van der Waals surface area contributed by atoms with Gasteiger partial charge < -0.3 is 15.1 Å². The van der Waals surface area contributed by atoms with Crippen LogP contribution in [0.2, 0.25) is 0 Å². The highest BCUT2D eigenvalue weighted by atomic mass is 32.2. The number of carbonyl (C=O) groups is 3. The monoisotopic (exact) mass is 545 g/mol. The number of nitrogens with one attached hydrogen (secondary N) is 1. The number of nitrogens with zero attached hydrogens (tertiary/aromatic N) is 2. The standard InChI is InChI=1S/C29H43N3O5S/c1-19(2)25-13-8-20(3)14-28(34)32-17-21-15-23(26(32)6-5-7-27(33)30-25)18-31(16-21)29(35)22-9-11-24(12-10-22)38(4,36)37/h9-12,19-21,23,25-26H,5-8,13-18H2,1-4H3,(H,30,33)/t20-,21+,23-,25+,26+/m1/s1. The number of hydrogen-bond donors (Lipinski definition) is 1. The van der Waals surface area contributed by atoms with Gasteiger partial charge in [0.25, 0.3) is 5.91 Å². The molecule has 3 aliphatic rings. The van der Waals surface area contributed by atoms with Gasteiger partial charge in [-0.15, -0.1) is 0 Å². The van der Waals surface area contributed by atoms with Gasteiger partial charge in [0.05, 0.1) is 4.90 Å². The second-order valence-corrected chi connectivity index (χ2v) is 14.2. The lowest BCUT2D eigenvalue weighted by molar-refractivity contribution is -0.141. The number of piperidine rings is 2. The number of rotatable bonds is 3. The summed E-state index contributed by atoms with van der Waals surface area (Å²) < 4.78 is 23.6. The lowest BCUT2D eigenvalue weighted by Gasteiger charge is -2.51. The Hall–Kier alpha value is -2.42. The Morgan fingerprint density at radius 3 is 2.39 bits per heavy atom. The molecule has 0 aliphatic carbocycles. The minimum atomic E-state index is -3.33. The summed E-state index contributed by atoms with van der Waals surface area (Å²) in [5.41, 5.74) is 0.477. The van der Waals surface area contributed by atoms with Crippen LogP contribution in [0.25, 0.3) is 0 Å². The summed E-state index contributed by atoms with van der Waals surface area (Å²) in [4.78, 5) is 43.8. The van der Waals surface area contributed by atoms with Crippen molar-refractivity contribution in [2.24, 2.45) is 23.7 Å². The van der Waals surface area contributed by atoms with Gasteiger partial charge in [-0.2, -0.15) is 0 Å². The van der Waals surface area contributed by atoms with Crippen molar-refractivity contribution < 1.29 is 22.8 Å². The zero-order chi connectivity index (χ0) is 27.6. The summed E-state index contributed by atoms with van der Waals surface area (Å²) in [5.74, 6) is 1.16. The minimum absolute atomic E-state index is 0.0172. The van der Waals surface area contributed by atoms with Gasteiger partial charge in [0.15, 0.2) is 9.84 Å². The van der Waals surface area contributed by atoms with Crippen LogP contribution < -0.4 is 5.32 Å². The first-order valence-corrected chi connectivity index (χ1v) is 16.0. The first-order valence-electron chi connectivity index (χ1n) is 14.1. The number of benzene rings is 1. The molecule has 0 spiro atoms. The van der Waals surface area contributed by atoms with Crippen LogP contribution in [0.15, 0.2) is 29.2 Å². The number of sulfone groups is 1. The molecule has 0 saturated carbocycles. The average Bonchev–Trinajstić information content (AvgIpc) is 2.86. The van der Waals surface area contributed by atoms with Crippen molar-refractivity contribution in [3.05, 3.63) is 29.8 Å². The third-order valence-corrected chi connectivity index (χ3v) is 9.78. The van der Waals surface area contributed by atoms with Crippen molar-refractivity contribution in [1.29, 1.82) is 0 Å². The Labute approximate surface area is 227 Å². The molecule has 0 unspecified atom stereocenters. The molecule has 210 valence electrons. The van der Waals surface area contributed by atoms with Crippen LogP contribution in [0.3, 0.4) is 0 Å². The van der Waals surface area contributed by atoms with Crippen molar-refractivity contribution in [1.82, 2.24) is 15.1 Å². The first-order chi connectivity index (χ1) is 17.9. The summed E-state index contributed by atoms with van der Waals surface area (Å²) in [6.45, 7) is 8.19. The van der Waals surface area contributed by atoms with E-state index in [0.29, 0.717) is 50.4 Å². The lowest BCUT2D eigenvalue weighted by Crippen LogP contribution is -2.60. The van der Waals surface area contributed by atoms with Crippen LogP contribution >= 0.6 is 0 Å². The molecule has 3 saturated heterocycles. The molecular weight excluding hydrogens is 502 g/mol. The van der Waals surface area contributed by atoms with E-state index in [0.717, 1.165) is 31.9 Å². The normalized spacial score (nSPS) is 29.6. The maximum Gasteiger partial charge on any atom is 0.253 e. The molecule has 5 atom stereocenters. The van der Waals surface area contributed by atoms with Crippen LogP contribution in [0, 0.1) is 23.7 Å². The molecule has 0 aromatic heterocycles. The average molecular weight is 546 g/mol. The fraction of sp³-hybridized carbons (Fsp3) is 0.690. The zero-order valence-corrected chi connectivity index (χ0v) is 24.0. The van der Waals surface area contributed by atoms with Gasteiger partial charge in [0.2, 0.25) is 11.8 Å². The number of hydrogen-bond acceptors (Lipinski definition) is 5. The number of fused-ring (bicyclic) bond motifs is 4. The number of likely N-dealkylation sites (tertiary alicyclic amines) is 1. The maximum atomic E-state index is 13.5. The highest BCUT2D eigenvalue weighted by Gasteiger charge is 2.43. The molecule has 3 aliphatic heterocycles. The Bertz CT molecular complexity index is 1130. The van der Waals surface area contributed by atoms with E-state index in [1.165, 1.54) is 12.1 Å². The van der Waals surface area contributed by atoms with Crippen molar-refractivity contribution in [3.63, 3.8) is 0 Å². The third-order valence-electron chi connectivity index (χ3n) is 8.65. The van der Waals surface area contributed by atoms with Crippen molar-refractivity contribution in [2.75, 3.05) is 25.9 Å². The van der Waals surface area contributed by atoms with Gasteiger partial charge in [-0.25, -0.2) is 8.42 Å². The third kappa shape index (κ3) is 6.77. The SMILES string of the molecule is CC(C)[C@@H]1CC[C@@H](C)CC(=O)N2C[C@H]3C[C@H](CN(C(=O)c4ccc(S(C)(=O)=O)cc4)C3)[C@@H]2CCCC(=O)N1. The van der Waals surface area contributed by atoms with Crippen molar-refractivity contribution in [2.45, 2.75) is 82.7 Å². The molecule has 1 aromatic carbocycles. The molecule has 2 bridgehead atoms. The Kier molecular flexibility index (Phi) is 8.85. The molecule has 8 nitrogen and oxygen atoms in total. The van der Waals surface area contributed by atoms with Gasteiger partial charge in [0.1, 0.15) is 0 Å². The summed E-state index contributed by atoms with van der Waals surface area (Å²) in [6.07, 6.45) is 6.34. The van der Waals surface area contributed by atoms with E-state index in [1.54, 1.807) is 12.1 Å². The fourth-order valence-corrected chi connectivity index (χ4v) is 7.13. The molecule has 38 heavy (non-hydrogen) atoms. The molecule has 3 fully saturated rings. The first kappa shape index (κ1) is 28.6. The van der Waals surface area contributed by atoms with Gasteiger partial charge in [0, 0.05) is 56.4 Å². The van der Waals surface area contributed by atoms with E-state index in [4.69, 9.17) is 0 Å². The van der Waals surface area contributed by atoms with Gasteiger partial charge in [-0.1, -0.05) is 20.8 Å². The van der Waals surface area contributed by atoms with Crippen LogP contribution in [0.4, 0.5) is 0 Å². The second kappa shape index (κ2) is 11.8. The highest BCUT2D eigenvalue weighted by Crippen LogP contribution is 2.37. The molecule has 0 radical (unpaired) electrons. The zero-order valence-electron chi connectivity index (χ0n) is 23.2. The summed E-state index contributed by atoms with van der Waals surface area (Å²) in [6, 6.07) is 6.29. The van der Waals surface area contributed by atoms with Gasteiger partial charge >= 0.3 is 0 Å². The molecule has 4 rings (SSSR count). The molecule has 1 aromatic rings. The van der Waals surface area contributed by atoms with E-state index in [1.807, 2.05) is 4.90 Å². The summed E-state index contributed by atoms with van der Waals surface area (Å²) in [5, 5.41) is 3.23. The van der Waals surface area contributed by atoms with Crippen LogP contribution in [0.1, 0.15) is 76.1 Å². The van der Waals surface area contributed by atoms with E-state index >= 15 is 0 Å². The lowest BCUT2D eigenvalue weighted by atomic mass is 9.77. The van der Waals surface area contributed by atoms with E-state index in [9.17, 15) is 22.8 Å². The molecule has 1 N–H and O–H groups in total. The van der Waals surface area contributed by atoms with E-state index in [2.05, 4.69) is 31.0 Å². The molecular formula is C29H43N3O5S. The summed E-state index contributed by atoms with van der Waals surface area (Å²) in [7, 11) is -3.33. The Balaban J connectivity index is 1.50. The molecule has 3 heterocycles. The van der Waals surface area contributed by atoms with E-state index in [-0.39, 0.29) is 52.5 Å². The van der Waals surface area contributed by atoms with Gasteiger partial charge in [-0.3, -0.25) is 14.4 Å². The number of amides is 3. The Morgan fingerprint density at radius 2 is 1.74 bits per heavy atom. The largest absolute Gasteiger partial charge is 0.353 e. The highest BCUT2D eigenvalue weighted by molar-refractivity contribution is 7.90. The van der Waals surface area contributed by atoms with E-state index < -0.39 is 9.84 Å². The fourth-order valence-electron chi connectivity index (χ4n) is 6.50. The quantitative estimate of drug-likeness (QED) is 0.626. The van der Waals surface area contributed by atoms with Crippen LogP contribution in [0.5, 0.6) is 0 Å². The number of carbonyl (C=O) groups excluding carboxylic acids is 3. The van der Waals surface area contributed by atoms with Crippen LogP contribution in [-0.2, 0) is 19.4 Å². The summed E-state index contributed by atoms with van der Waals surface area (Å²) >= 11 is 0. The van der Waals surface area contributed by atoms with Crippen molar-refractivity contribution in [3.8, 4) is 0 Å². The van der Waals surface area contributed by atoms with Gasteiger partial charge in [-0.05, 0) is 80.0 Å². The minimum Gasteiger partial charge on any atom is -0.353 e. The molecule has 9 heteroatoms. The second-order valence-electron chi connectivity index (χ2n) is 12.2. The maximum absolute atomic E-state index is 13.5. The topological polar surface area (TPSA) is 104 Å². The predicted octanol–water partition coefficient (Wildman–Crippen LogP) is 3.51. The Morgan fingerprint density at radius 1 is 1.03 bits per heavy atom. The van der Waals surface area contributed by atoms with Crippen LogP contribution in [-0.4, -0.2) is 73.9 Å². The molecule has 3 amide bonds. The predicted molar refractivity (Wildman–Crippen MR) is 146 cm³/mol. The smallest absolute Gasteiger partial charge is 0.253 e.